The van der Waals surface area contributed by atoms with Gasteiger partial charge in [-0.05, 0) is 58.3 Å². The van der Waals surface area contributed by atoms with Crippen LogP contribution in [0.4, 0.5) is 4.79 Å². The smallest absolute Gasteiger partial charge is 0.281 e. The number of carbonyl (C=O) groups is 1. The van der Waals surface area contributed by atoms with E-state index in [9.17, 15) is 4.79 Å². The Morgan fingerprint density at radius 1 is 1.13 bits per heavy atom. The van der Waals surface area contributed by atoms with Gasteiger partial charge in [0.15, 0.2) is 18.2 Å². The third-order valence-corrected chi connectivity index (χ3v) is 8.91. The quantitative estimate of drug-likeness (QED) is 0.402. The molecule has 0 aromatic heterocycles. The van der Waals surface area contributed by atoms with Crippen LogP contribution in [0.1, 0.15) is 66.7 Å². The second-order valence-electron chi connectivity index (χ2n) is 9.78. The Morgan fingerprint density at radius 2 is 1.90 bits per heavy atom. The summed E-state index contributed by atoms with van der Waals surface area (Å²) in [5.41, 5.74) is -0.543. The maximum Gasteiger partial charge on any atom is 0.281 e. The lowest BCUT2D eigenvalue weighted by Crippen LogP contribution is -2.70. The van der Waals surface area contributed by atoms with Crippen molar-refractivity contribution in [2.24, 2.45) is 23.7 Å². The highest BCUT2D eigenvalue weighted by Gasteiger charge is 2.69. The van der Waals surface area contributed by atoms with E-state index in [1.54, 1.807) is 0 Å². The average molecular weight is 458 g/mol. The second-order valence-corrected chi connectivity index (χ2v) is 10.8. The van der Waals surface area contributed by atoms with E-state index in [0.29, 0.717) is 18.4 Å². The molecular weight excluding hydrogens is 418 g/mol. The predicted molar refractivity (Wildman–Crippen MR) is 118 cm³/mol. The Hall–Kier alpha value is -0.380. The minimum Gasteiger partial charge on any atom is -0.352 e. The first kappa shape index (κ1) is 23.8. The van der Waals surface area contributed by atoms with Gasteiger partial charge in [0.25, 0.3) is 5.24 Å². The number of thioether (sulfide) groups is 1. The summed E-state index contributed by atoms with van der Waals surface area (Å²) in [6, 6.07) is 0. The molecule has 0 unspecified atom stereocenters. The van der Waals surface area contributed by atoms with Crippen molar-refractivity contribution >= 4 is 17.0 Å². The summed E-state index contributed by atoms with van der Waals surface area (Å²) >= 11 is 1.37. The fourth-order valence-electron chi connectivity index (χ4n) is 6.05. The predicted octanol–water partition coefficient (Wildman–Crippen LogP) is 4.80. The molecular formula is C23H39NO6S. The molecule has 5 fully saturated rings. The highest BCUT2D eigenvalue weighted by Crippen LogP contribution is 2.60. The molecule has 8 atom stereocenters. The van der Waals surface area contributed by atoms with Crippen LogP contribution in [-0.4, -0.2) is 59.6 Å². The molecule has 4 aliphatic heterocycles. The number of hydrogen-bond acceptors (Lipinski definition) is 7. The van der Waals surface area contributed by atoms with Gasteiger partial charge in [-0.3, -0.25) is 4.79 Å². The summed E-state index contributed by atoms with van der Waals surface area (Å²) in [6.07, 6.45) is 4.11. The molecule has 5 rings (SSSR count). The van der Waals surface area contributed by atoms with Crippen LogP contribution in [0.2, 0.25) is 0 Å². The first-order valence-corrected chi connectivity index (χ1v) is 13.1. The van der Waals surface area contributed by atoms with Crippen molar-refractivity contribution in [2.45, 2.75) is 90.7 Å². The monoisotopic (exact) mass is 457 g/mol. The Labute approximate surface area is 190 Å². The lowest BCUT2D eigenvalue weighted by Gasteiger charge is -2.60. The minimum absolute atomic E-state index is 0.143. The van der Waals surface area contributed by atoms with Crippen molar-refractivity contribution in [2.75, 3.05) is 25.4 Å². The van der Waals surface area contributed by atoms with Crippen LogP contribution in [-0.2, 0) is 24.0 Å². The molecule has 31 heavy (non-hydrogen) atoms. The van der Waals surface area contributed by atoms with Crippen LogP contribution in [0.3, 0.4) is 0 Å². The van der Waals surface area contributed by atoms with Crippen molar-refractivity contribution in [3.63, 3.8) is 0 Å². The Balaban J connectivity index is 1.36. The zero-order chi connectivity index (χ0) is 22.2. The topological polar surface area (TPSA) is 66.5 Å². The first-order chi connectivity index (χ1) is 14.8. The highest BCUT2D eigenvalue weighted by molar-refractivity contribution is 8.13. The van der Waals surface area contributed by atoms with Gasteiger partial charge in [0, 0.05) is 37.1 Å². The van der Waals surface area contributed by atoms with Crippen LogP contribution >= 0.6 is 11.8 Å². The van der Waals surface area contributed by atoms with Crippen LogP contribution in [0, 0.1) is 23.7 Å². The lowest BCUT2D eigenvalue weighted by atomic mass is 9.58. The summed E-state index contributed by atoms with van der Waals surface area (Å²) in [4.78, 5) is 26.0. The molecule has 5 aliphatic rings. The van der Waals surface area contributed by atoms with Gasteiger partial charge >= 0.3 is 0 Å². The maximum atomic E-state index is 12.1. The number of hydrogen-bond donors (Lipinski definition) is 0. The molecule has 1 saturated carbocycles. The van der Waals surface area contributed by atoms with E-state index in [1.807, 2.05) is 25.7 Å². The third-order valence-electron chi connectivity index (χ3n) is 7.92. The van der Waals surface area contributed by atoms with Crippen LogP contribution in [0.5, 0.6) is 0 Å². The summed E-state index contributed by atoms with van der Waals surface area (Å²) < 4.78 is 19.0. The molecule has 1 aliphatic carbocycles. The Kier molecular flexibility index (Phi) is 7.26. The van der Waals surface area contributed by atoms with E-state index in [1.165, 1.54) is 18.2 Å². The molecule has 0 aromatic rings. The summed E-state index contributed by atoms with van der Waals surface area (Å²) in [7, 11) is 0. The molecule has 0 N–H and O–H groups in total. The van der Waals surface area contributed by atoms with Gasteiger partial charge in [0.2, 0.25) is 5.79 Å². The van der Waals surface area contributed by atoms with Gasteiger partial charge in [0.05, 0.1) is 6.61 Å². The van der Waals surface area contributed by atoms with Gasteiger partial charge in [0.1, 0.15) is 0 Å². The molecule has 0 aromatic carbocycles. The SMILES string of the molecule is CCN(CC)C(=O)SCCCO[C@H]1O[C@@H]2O[C@]3(C)CC[C@H]4[C@H](C)CC[C@@H]([C@H]1C)[C@@]24OO3. The van der Waals surface area contributed by atoms with Crippen molar-refractivity contribution < 1.29 is 28.8 Å². The van der Waals surface area contributed by atoms with Gasteiger partial charge in [-0.1, -0.05) is 25.6 Å². The zero-order valence-electron chi connectivity index (χ0n) is 19.6. The number of rotatable bonds is 7. The van der Waals surface area contributed by atoms with Crippen molar-refractivity contribution in [3.05, 3.63) is 0 Å². The lowest BCUT2D eigenvalue weighted by molar-refractivity contribution is -0.577. The van der Waals surface area contributed by atoms with Gasteiger partial charge in [-0.25, -0.2) is 9.78 Å². The molecule has 178 valence electrons. The van der Waals surface area contributed by atoms with E-state index in [-0.39, 0.29) is 23.4 Å². The molecule has 4 heterocycles. The van der Waals surface area contributed by atoms with Gasteiger partial charge in [-0.15, -0.1) is 0 Å². The fourth-order valence-corrected chi connectivity index (χ4v) is 6.93. The standard InChI is InChI=1S/C23H39NO6S/c1-6-24(7-2)21(25)31-14-8-13-26-19-16(4)18-10-9-15(3)17-11-12-22(5)28-20(27-19)23(17,18)30-29-22/h15-20H,6-14H2,1-5H3/t15-,16-,17+,18+,19+,20-,22+,23-/m1/s1. The van der Waals surface area contributed by atoms with Crippen molar-refractivity contribution in [1.82, 2.24) is 4.90 Å². The van der Waals surface area contributed by atoms with Gasteiger partial charge in [-0.2, -0.15) is 0 Å². The molecule has 1 amide bonds. The summed E-state index contributed by atoms with van der Waals surface area (Å²) in [6.45, 7) is 12.5. The minimum atomic E-state index is -0.760. The molecule has 7 nitrogen and oxygen atoms in total. The number of nitrogens with zero attached hydrogens (tertiary/aromatic N) is 1. The zero-order valence-corrected chi connectivity index (χ0v) is 20.4. The Morgan fingerprint density at radius 3 is 2.65 bits per heavy atom. The summed E-state index contributed by atoms with van der Waals surface area (Å²) in [5, 5.41) is 0.143. The normalized spacial score (nSPS) is 43.9. The third kappa shape index (κ3) is 4.28. The van der Waals surface area contributed by atoms with Crippen molar-refractivity contribution in [1.29, 1.82) is 0 Å². The van der Waals surface area contributed by atoms with E-state index in [2.05, 4.69) is 13.8 Å². The first-order valence-electron chi connectivity index (χ1n) is 12.1. The van der Waals surface area contributed by atoms with E-state index >= 15 is 0 Å². The highest BCUT2D eigenvalue weighted by atomic mass is 32.2. The van der Waals surface area contributed by atoms with Crippen molar-refractivity contribution in [3.8, 4) is 0 Å². The number of ether oxygens (including phenoxy) is 3. The van der Waals surface area contributed by atoms with Gasteiger partial charge < -0.3 is 19.1 Å². The molecule has 1 spiro atoms. The number of amides is 1. The molecule has 2 bridgehead atoms. The molecule has 8 heteroatoms. The fraction of sp³-hybridized carbons (Fsp3) is 0.957. The average Bonchev–Trinajstić information content (AvgIpc) is 2.98. The maximum absolute atomic E-state index is 12.1. The summed E-state index contributed by atoms with van der Waals surface area (Å²) in [5.74, 6) is 1.37. The molecule has 0 radical (unpaired) electrons. The van der Waals surface area contributed by atoms with E-state index in [4.69, 9.17) is 24.0 Å². The van der Waals surface area contributed by atoms with Crippen LogP contribution < -0.4 is 0 Å². The van der Waals surface area contributed by atoms with Crippen LogP contribution in [0.15, 0.2) is 0 Å². The largest absolute Gasteiger partial charge is 0.352 e. The molecule has 4 saturated heterocycles. The number of carbonyl (C=O) groups excluding carboxylic acids is 1. The van der Waals surface area contributed by atoms with E-state index < -0.39 is 17.7 Å². The second kappa shape index (κ2) is 9.47. The Bertz CT molecular complexity index is 648. The van der Waals surface area contributed by atoms with Crippen LogP contribution in [0.25, 0.3) is 0 Å². The van der Waals surface area contributed by atoms with E-state index in [0.717, 1.165) is 44.5 Å². The number of fused-ring (bicyclic) bond motifs is 2.